The first-order chi connectivity index (χ1) is 5.91. The van der Waals surface area contributed by atoms with Crippen molar-refractivity contribution >= 4 is 0 Å². The van der Waals surface area contributed by atoms with Gasteiger partial charge < -0.3 is 5.73 Å². The summed E-state index contributed by atoms with van der Waals surface area (Å²) in [6.07, 6.45) is 13.9. The van der Waals surface area contributed by atoms with Gasteiger partial charge in [-0.25, -0.2) is 0 Å². The summed E-state index contributed by atoms with van der Waals surface area (Å²) in [6.45, 7) is 3.29. The maximum atomic E-state index is 3.79. The summed E-state index contributed by atoms with van der Waals surface area (Å²) in [4.78, 5) is 0. The predicted octanol–water partition coefficient (Wildman–Crippen LogP) is 2.54. The number of hydrogen-bond donors (Lipinski definition) is 1. The highest BCUT2D eigenvalue weighted by atomic mass is 14.5. The van der Waals surface area contributed by atoms with E-state index in [1.165, 1.54) is 38.5 Å². The lowest BCUT2D eigenvalue weighted by Crippen LogP contribution is -2.49. The van der Waals surface area contributed by atoms with Gasteiger partial charge in [0, 0.05) is 6.42 Å². The third-order valence-electron chi connectivity index (χ3n) is 2.01. The van der Waals surface area contributed by atoms with E-state index in [-0.39, 0.29) is 0 Å². The molecule has 0 rings (SSSR count). The number of quaternary nitrogens is 1. The Morgan fingerprint density at radius 2 is 1.58 bits per heavy atom. The summed E-state index contributed by atoms with van der Waals surface area (Å²) in [6, 6.07) is 0. The molecule has 0 spiro atoms. The Hall–Kier alpha value is -0.300. The maximum absolute atomic E-state index is 3.79. The van der Waals surface area contributed by atoms with Crippen LogP contribution in [-0.2, 0) is 0 Å². The van der Waals surface area contributed by atoms with E-state index in [4.69, 9.17) is 0 Å². The fourth-order valence-corrected chi connectivity index (χ4v) is 1.22. The molecule has 0 fully saturated rings. The van der Waals surface area contributed by atoms with Crippen molar-refractivity contribution in [1.29, 1.82) is 0 Å². The van der Waals surface area contributed by atoms with Crippen molar-refractivity contribution in [2.45, 2.75) is 51.9 Å². The minimum atomic E-state index is 1.03. The Morgan fingerprint density at radius 3 is 2.25 bits per heavy atom. The van der Waals surface area contributed by atoms with Crippen molar-refractivity contribution in [3.05, 3.63) is 12.2 Å². The number of rotatable bonds is 8. The molecule has 0 bridgehead atoms. The van der Waals surface area contributed by atoms with Crippen LogP contribution >= 0.6 is 0 Å². The summed E-state index contributed by atoms with van der Waals surface area (Å²) in [5.41, 5.74) is 3.79. The van der Waals surface area contributed by atoms with Crippen LogP contribution in [-0.4, -0.2) is 6.54 Å². The van der Waals surface area contributed by atoms with Gasteiger partial charge in [-0.15, -0.1) is 0 Å². The molecular weight excluding hydrogens is 146 g/mol. The second-order valence-electron chi connectivity index (χ2n) is 3.32. The van der Waals surface area contributed by atoms with Crippen molar-refractivity contribution in [2.75, 3.05) is 6.54 Å². The van der Waals surface area contributed by atoms with Crippen LogP contribution in [0.1, 0.15) is 51.9 Å². The molecule has 1 heteroatoms. The summed E-state index contributed by atoms with van der Waals surface area (Å²) < 4.78 is 0. The van der Waals surface area contributed by atoms with Crippen LogP contribution in [0.25, 0.3) is 0 Å². The van der Waals surface area contributed by atoms with Gasteiger partial charge >= 0.3 is 0 Å². The molecule has 0 radical (unpaired) electrons. The van der Waals surface area contributed by atoms with Crippen molar-refractivity contribution in [3.8, 4) is 0 Å². The van der Waals surface area contributed by atoms with E-state index in [0.29, 0.717) is 0 Å². The number of allylic oxidation sites excluding steroid dienone is 1. The first-order valence-electron chi connectivity index (χ1n) is 5.36. The number of unbranched alkanes of at least 4 members (excludes halogenated alkanes) is 5. The molecule has 0 aliphatic rings. The molecule has 0 heterocycles. The molecule has 0 saturated carbocycles. The summed E-state index contributed by atoms with van der Waals surface area (Å²) in [5, 5.41) is 0. The molecule has 0 aliphatic carbocycles. The van der Waals surface area contributed by atoms with Gasteiger partial charge in [-0.3, -0.25) is 0 Å². The van der Waals surface area contributed by atoms with Crippen LogP contribution in [0.5, 0.6) is 0 Å². The zero-order valence-corrected chi connectivity index (χ0v) is 8.52. The van der Waals surface area contributed by atoms with E-state index in [1.807, 2.05) is 0 Å². The molecule has 0 amide bonds. The van der Waals surface area contributed by atoms with Crippen molar-refractivity contribution in [1.82, 2.24) is 0 Å². The van der Waals surface area contributed by atoms with Crippen molar-refractivity contribution < 1.29 is 5.73 Å². The van der Waals surface area contributed by atoms with Crippen LogP contribution in [0, 0.1) is 0 Å². The van der Waals surface area contributed by atoms with Crippen LogP contribution in [0.4, 0.5) is 0 Å². The predicted molar refractivity (Wildman–Crippen MR) is 54.9 cm³/mol. The lowest BCUT2D eigenvalue weighted by Gasteiger charge is -1.95. The number of hydrogen-bond acceptors (Lipinski definition) is 0. The zero-order valence-electron chi connectivity index (χ0n) is 8.52. The van der Waals surface area contributed by atoms with Gasteiger partial charge in [-0.2, -0.15) is 0 Å². The molecule has 0 aromatic rings. The van der Waals surface area contributed by atoms with E-state index in [0.717, 1.165) is 13.0 Å². The maximum Gasteiger partial charge on any atom is 0.0774 e. The molecule has 0 aliphatic heterocycles. The Kier molecular flexibility index (Phi) is 10.4. The normalized spacial score (nSPS) is 11.2. The second-order valence-corrected chi connectivity index (χ2v) is 3.32. The monoisotopic (exact) mass is 170 g/mol. The minimum Gasteiger partial charge on any atom is -0.357 e. The van der Waals surface area contributed by atoms with E-state index in [9.17, 15) is 0 Å². The molecule has 0 aromatic heterocycles. The minimum absolute atomic E-state index is 1.03. The Balaban J connectivity index is 2.90. The van der Waals surface area contributed by atoms with Crippen LogP contribution in [0.2, 0.25) is 0 Å². The molecule has 1 nitrogen and oxygen atoms in total. The summed E-state index contributed by atoms with van der Waals surface area (Å²) >= 11 is 0. The molecule has 0 atom stereocenters. The third kappa shape index (κ3) is 9.70. The average Bonchev–Trinajstić information content (AvgIpc) is 2.10. The van der Waals surface area contributed by atoms with Crippen molar-refractivity contribution in [3.63, 3.8) is 0 Å². The summed E-state index contributed by atoms with van der Waals surface area (Å²) in [5.74, 6) is 0. The highest BCUT2D eigenvalue weighted by Gasteiger charge is 1.85. The molecule has 12 heavy (non-hydrogen) atoms. The highest BCUT2D eigenvalue weighted by molar-refractivity contribution is 4.80. The Labute approximate surface area is 77.0 Å². The van der Waals surface area contributed by atoms with Gasteiger partial charge in [0.1, 0.15) is 0 Å². The quantitative estimate of drug-likeness (QED) is 0.428. The van der Waals surface area contributed by atoms with Gasteiger partial charge in [0.05, 0.1) is 6.54 Å². The van der Waals surface area contributed by atoms with Gasteiger partial charge in [0.25, 0.3) is 0 Å². The second kappa shape index (κ2) is 10.7. The van der Waals surface area contributed by atoms with Crippen molar-refractivity contribution in [2.24, 2.45) is 0 Å². The van der Waals surface area contributed by atoms with Gasteiger partial charge in [-0.1, -0.05) is 44.8 Å². The van der Waals surface area contributed by atoms with Gasteiger partial charge in [0.2, 0.25) is 0 Å². The molecule has 0 unspecified atom stereocenters. The molecule has 0 aromatic carbocycles. The first kappa shape index (κ1) is 11.7. The van der Waals surface area contributed by atoms with E-state index >= 15 is 0 Å². The summed E-state index contributed by atoms with van der Waals surface area (Å²) in [7, 11) is 0. The highest BCUT2D eigenvalue weighted by Crippen LogP contribution is 2.05. The molecule has 3 N–H and O–H groups in total. The van der Waals surface area contributed by atoms with Crippen LogP contribution in [0.3, 0.4) is 0 Å². The Morgan fingerprint density at radius 1 is 0.917 bits per heavy atom. The lowest BCUT2D eigenvalue weighted by atomic mass is 10.1. The largest absolute Gasteiger partial charge is 0.357 e. The molecule has 72 valence electrons. The third-order valence-corrected chi connectivity index (χ3v) is 2.01. The van der Waals surface area contributed by atoms with Crippen LogP contribution < -0.4 is 5.73 Å². The van der Waals surface area contributed by atoms with E-state index in [1.54, 1.807) is 0 Å². The fourth-order valence-electron chi connectivity index (χ4n) is 1.22. The van der Waals surface area contributed by atoms with Crippen LogP contribution in [0.15, 0.2) is 12.2 Å². The topological polar surface area (TPSA) is 27.6 Å². The van der Waals surface area contributed by atoms with Gasteiger partial charge in [-0.05, 0) is 12.8 Å². The molecule has 0 saturated heterocycles. The zero-order chi connectivity index (χ0) is 9.07. The molecular formula is C11H24N+. The average molecular weight is 170 g/mol. The Bertz CT molecular complexity index is 97.2. The fraction of sp³-hybridized carbons (Fsp3) is 0.818. The first-order valence-corrected chi connectivity index (χ1v) is 5.36. The van der Waals surface area contributed by atoms with E-state index < -0.39 is 0 Å². The smallest absolute Gasteiger partial charge is 0.0774 e. The SMILES string of the molecule is CCCCCCC/C=C/CC[NH3+]. The standard InChI is InChI=1S/C11H23N/c1-2-3-4-5-6-7-8-9-10-11-12/h8-9H,2-7,10-12H2,1H3/p+1/b9-8+. The van der Waals surface area contributed by atoms with Gasteiger partial charge in [0.15, 0.2) is 0 Å². The lowest BCUT2D eigenvalue weighted by molar-refractivity contribution is -0.366. The van der Waals surface area contributed by atoms with E-state index in [2.05, 4.69) is 24.8 Å².